The maximum absolute atomic E-state index is 6.42. The predicted molar refractivity (Wildman–Crippen MR) is 131 cm³/mol. The number of rotatable bonds is 16. The zero-order valence-corrected chi connectivity index (χ0v) is 19.8. The van der Waals surface area contributed by atoms with E-state index in [1.54, 1.807) is 0 Å². The molecule has 0 N–H and O–H groups in total. The van der Waals surface area contributed by atoms with E-state index in [0.29, 0.717) is 0 Å². The van der Waals surface area contributed by atoms with Crippen molar-refractivity contribution in [1.82, 2.24) is 0 Å². The largest absolute Gasteiger partial charge is 0.368 e. The Kier molecular flexibility index (Phi) is 10.4. The van der Waals surface area contributed by atoms with Gasteiger partial charge in [-0.15, -0.1) is 35.8 Å². The van der Waals surface area contributed by atoms with Gasteiger partial charge in [-0.1, -0.05) is 37.8 Å². The first kappa shape index (κ1) is 23.5. The van der Waals surface area contributed by atoms with Crippen molar-refractivity contribution < 1.29 is 9.47 Å². The molecule has 0 saturated carbocycles. The Bertz CT molecular complexity index is 659. The summed E-state index contributed by atoms with van der Waals surface area (Å²) in [5.74, 6) is 0. The first-order valence-electron chi connectivity index (χ1n) is 11.5. The maximum atomic E-state index is 6.42. The molecule has 2 atom stereocenters. The highest BCUT2D eigenvalue weighted by Gasteiger charge is 2.35. The summed E-state index contributed by atoms with van der Waals surface area (Å²) in [5, 5.41) is 4.39. The van der Waals surface area contributed by atoms with Gasteiger partial charge in [-0.3, -0.25) is 0 Å². The molecular formula is C26H36O2S2. The van der Waals surface area contributed by atoms with Crippen LogP contribution in [0.1, 0.15) is 97.3 Å². The second-order valence-electron chi connectivity index (χ2n) is 7.97. The molecule has 3 rings (SSSR count). The zero-order valence-electron chi connectivity index (χ0n) is 18.2. The van der Waals surface area contributed by atoms with Gasteiger partial charge in [-0.25, -0.2) is 0 Å². The number of allylic oxidation sites excluding steroid dienone is 2. The summed E-state index contributed by atoms with van der Waals surface area (Å²) in [7, 11) is 0. The molecule has 4 heteroatoms. The lowest BCUT2D eigenvalue weighted by Gasteiger charge is -2.29. The van der Waals surface area contributed by atoms with Gasteiger partial charge in [0, 0.05) is 34.1 Å². The van der Waals surface area contributed by atoms with Gasteiger partial charge in [-0.05, 0) is 61.4 Å². The molecule has 2 heterocycles. The Hall–Kier alpha value is -1.20. The lowest BCUT2D eigenvalue weighted by molar-refractivity contribution is 0.0503. The third-order valence-corrected chi connectivity index (χ3v) is 7.62. The molecule has 0 aliphatic heterocycles. The van der Waals surface area contributed by atoms with E-state index in [4.69, 9.17) is 9.47 Å². The van der Waals surface area contributed by atoms with Crippen LogP contribution in [0.15, 0.2) is 48.2 Å². The van der Waals surface area contributed by atoms with Crippen LogP contribution < -0.4 is 0 Å². The first-order chi connectivity index (χ1) is 14.9. The molecule has 0 radical (unpaired) electrons. The summed E-state index contributed by atoms with van der Waals surface area (Å²) in [4.78, 5) is 2.67. The average Bonchev–Trinajstić information content (AvgIpc) is 3.43. The van der Waals surface area contributed by atoms with Gasteiger partial charge in [0.1, 0.15) is 12.2 Å². The van der Waals surface area contributed by atoms with Crippen LogP contribution in [0.4, 0.5) is 0 Å². The van der Waals surface area contributed by atoms with Crippen LogP contribution in [0.2, 0.25) is 0 Å². The quantitative estimate of drug-likeness (QED) is 0.190. The van der Waals surface area contributed by atoms with E-state index in [-0.39, 0.29) is 12.2 Å². The van der Waals surface area contributed by atoms with Gasteiger partial charge in [-0.2, -0.15) is 0 Å². The topological polar surface area (TPSA) is 18.5 Å². The maximum Gasteiger partial charge on any atom is 0.118 e. The molecule has 2 unspecified atom stereocenters. The zero-order chi connectivity index (χ0) is 21.0. The normalized spacial score (nSPS) is 17.5. The van der Waals surface area contributed by atoms with E-state index in [9.17, 15) is 0 Å². The van der Waals surface area contributed by atoms with Crippen LogP contribution in [0, 0.1) is 0 Å². The molecule has 0 amide bonds. The van der Waals surface area contributed by atoms with Crippen LogP contribution in [0.3, 0.4) is 0 Å². The number of ether oxygens (including phenoxy) is 2. The van der Waals surface area contributed by atoms with Gasteiger partial charge in [0.05, 0.1) is 0 Å². The number of hydrogen-bond acceptors (Lipinski definition) is 4. The van der Waals surface area contributed by atoms with E-state index in [1.807, 2.05) is 34.8 Å². The fourth-order valence-corrected chi connectivity index (χ4v) is 6.01. The van der Waals surface area contributed by atoms with Crippen molar-refractivity contribution in [3.05, 3.63) is 69.1 Å². The molecule has 1 aliphatic rings. The minimum absolute atomic E-state index is 0.0770. The van der Waals surface area contributed by atoms with E-state index >= 15 is 0 Å². The molecular weight excluding hydrogens is 408 g/mol. The third kappa shape index (κ3) is 6.40. The average molecular weight is 445 g/mol. The summed E-state index contributed by atoms with van der Waals surface area (Å²) < 4.78 is 12.8. The molecule has 30 heavy (non-hydrogen) atoms. The van der Waals surface area contributed by atoms with Gasteiger partial charge in [0.2, 0.25) is 0 Å². The van der Waals surface area contributed by atoms with E-state index in [1.165, 1.54) is 59.4 Å². The Morgan fingerprint density at radius 3 is 1.53 bits per heavy atom. The first-order valence-corrected chi connectivity index (χ1v) is 13.2. The number of fused-ring (bicyclic) bond motifs is 2. The second kappa shape index (κ2) is 13.3. The Morgan fingerprint density at radius 1 is 0.667 bits per heavy atom. The number of unbranched alkanes of at least 4 members (excludes halogenated alkanes) is 8. The van der Waals surface area contributed by atoms with E-state index in [2.05, 4.69) is 36.1 Å². The summed E-state index contributed by atoms with van der Waals surface area (Å²) in [6.45, 7) is 9.24. The fourth-order valence-electron chi connectivity index (χ4n) is 4.03. The second-order valence-corrected chi connectivity index (χ2v) is 9.86. The van der Waals surface area contributed by atoms with Crippen LogP contribution in [0.25, 0.3) is 0 Å². The summed E-state index contributed by atoms with van der Waals surface area (Å²) in [6.07, 6.45) is 16.1. The monoisotopic (exact) mass is 444 g/mol. The summed E-state index contributed by atoms with van der Waals surface area (Å²) in [5.41, 5.74) is 2.63. The van der Waals surface area contributed by atoms with Crippen LogP contribution in [-0.4, -0.2) is 13.2 Å². The SMILES string of the molecule is C=CCCCCCCOC1c2ccsc2C(OCCCCCCC=C)c2ccsc21. The van der Waals surface area contributed by atoms with Crippen molar-refractivity contribution >= 4 is 22.7 Å². The number of hydrogen-bond donors (Lipinski definition) is 0. The Balaban J connectivity index is 1.52. The fraction of sp³-hybridized carbons (Fsp3) is 0.538. The van der Waals surface area contributed by atoms with Gasteiger partial charge in [0.15, 0.2) is 0 Å². The number of thiophene rings is 2. The molecule has 0 aromatic carbocycles. The molecule has 2 aromatic rings. The minimum atomic E-state index is 0.0770. The van der Waals surface area contributed by atoms with Crippen LogP contribution in [-0.2, 0) is 9.47 Å². The van der Waals surface area contributed by atoms with Crippen molar-refractivity contribution in [1.29, 1.82) is 0 Å². The molecule has 0 spiro atoms. The lowest BCUT2D eigenvalue weighted by atomic mass is 9.93. The molecule has 2 nitrogen and oxygen atoms in total. The molecule has 2 aromatic heterocycles. The van der Waals surface area contributed by atoms with Gasteiger partial charge in [0.25, 0.3) is 0 Å². The molecule has 1 aliphatic carbocycles. The van der Waals surface area contributed by atoms with Crippen molar-refractivity contribution in [2.45, 2.75) is 76.4 Å². The van der Waals surface area contributed by atoms with Gasteiger partial charge < -0.3 is 9.47 Å². The summed E-state index contributed by atoms with van der Waals surface area (Å²) in [6, 6.07) is 4.48. The van der Waals surface area contributed by atoms with Gasteiger partial charge >= 0.3 is 0 Å². The molecule has 0 bridgehead atoms. The highest BCUT2D eigenvalue weighted by Crippen LogP contribution is 2.48. The molecule has 0 saturated heterocycles. The highest BCUT2D eigenvalue weighted by atomic mass is 32.1. The van der Waals surface area contributed by atoms with E-state index in [0.717, 1.165) is 38.9 Å². The Labute approximate surface area is 190 Å². The van der Waals surface area contributed by atoms with E-state index < -0.39 is 0 Å². The highest BCUT2D eigenvalue weighted by molar-refractivity contribution is 7.11. The smallest absolute Gasteiger partial charge is 0.118 e. The molecule has 164 valence electrons. The van der Waals surface area contributed by atoms with Crippen molar-refractivity contribution in [3.63, 3.8) is 0 Å². The van der Waals surface area contributed by atoms with Crippen molar-refractivity contribution in [2.24, 2.45) is 0 Å². The van der Waals surface area contributed by atoms with Crippen LogP contribution >= 0.6 is 22.7 Å². The lowest BCUT2D eigenvalue weighted by Crippen LogP contribution is -2.19. The standard InChI is InChI=1S/C26H36O2S2/c1-3-5-7-9-11-13-17-27-23-21-15-19-30-26(21)24(22-16-20-29-25(22)23)28-18-14-12-10-8-6-4-2/h3-4,15-16,19-20,23-24H,1-2,5-14,17-18H2. The third-order valence-electron chi connectivity index (χ3n) is 5.67. The molecule has 0 fully saturated rings. The van der Waals surface area contributed by atoms with Crippen LogP contribution in [0.5, 0.6) is 0 Å². The predicted octanol–water partition coefficient (Wildman–Crippen LogP) is 8.61. The van der Waals surface area contributed by atoms with Crippen molar-refractivity contribution in [2.75, 3.05) is 13.2 Å². The summed E-state index contributed by atoms with van der Waals surface area (Å²) >= 11 is 3.62. The minimum Gasteiger partial charge on any atom is -0.368 e. The Morgan fingerprint density at radius 2 is 1.10 bits per heavy atom. The van der Waals surface area contributed by atoms with Crippen molar-refractivity contribution in [3.8, 4) is 0 Å².